The van der Waals surface area contributed by atoms with Gasteiger partial charge in [0.05, 0.1) is 11.8 Å². The van der Waals surface area contributed by atoms with E-state index in [1.807, 2.05) is 11.9 Å². The molecule has 7 nitrogen and oxygen atoms in total. The third kappa shape index (κ3) is 2.42. The minimum Gasteiger partial charge on any atom is -0.337 e. The van der Waals surface area contributed by atoms with E-state index in [1.54, 1.807) is 17.1 Å². The lowest BCUT2D eigenvalue weighted by Crippen LogP contribution is -2.28. The summed E-state index contributed by atoms with van der Waals surface area (Å²) in [6.45, 7) is 1.55. The number of nitrogens with one attached hydrogen (secondary N) is 1. The first-order valence-electron chi connectivity index (χ1n) is 8.89. The highest BCUT2D eigenvalue weighted by Crippen LogP contribution is 2.47. The van der Waals surface area contributed by atoms with Crippen LogP contribution in [0.15, 0.2) is 12.4 Å². The van der Waals surface area contributed by atoms with E-state index in [1.165, 1.54) is 25.7 Å². The Bertz CT molecular complexity index is 772. The van der Waals surface area contributed by atoms with E-state index < -0.39 is 0 Å². The predicted octanol–water partition coefficient (Wildman–Crippen LogP) is 1.68. The Morgan fingerprint density at radius 2 is 2.08 bits per heavy atom. The zero-order chi connectivity index (χ0) is 16.3. The molecule has 24 heavy (non-hydrogen) atoms. The maximum atomic E-state index is 12.8. The standard InChI is InChI=1S/C17H22N6O/c1-22-7-12(6-18-22)17(24)23-8-13(10-2-3-10)14(9-23)16-19-15(20-21-16)11-4-5-11/h6-7,10-11,13-14H,2-5,8-9H2,1H3,(H,19,20,21)/t13-,14+/m1/s1. The summed E-state index contributed by atoms with van der Waals surface area (Å²) >= 11 is 0. The number of hydrogen-bond donors (Lipinski definition) is 1. The molecule has 0 bridgehead atoms. The van der Waals surface area contributed by atoms with Crippen LogP contribution in [0.4, 0.5) is 0 Å². The highest BCUT2D eigenvalue weighted by Gasteiger charge is 2.46. The molecule has 1 saturated heterocycles. The van der Waals surface area contributed by atoms with Gasteiger partial charge in [0.2, 0.25) is 0 Å². The van der Waals surface area contributed by atoms with Gasteiger partial charge in [0.25, 0.3) is 5.91 Å². The topological polar surface area (TPSA) is 79.7 Å². The molecule has 2 atom stereocenters. The fourth-order valence-corrected chi connectivity index (χ4v) is 3.98. The van der Waals surface area contributed by atoms with Crippen molar-refractivity contribution in [2.75, 3.05) is 13.1 Å². The molecule has 126 valence electrons. The van der Waals surface area contributed by atoms with E-state index in [-0.39, 0.29) is 11.8 Å². The van der Waals surface area contributed by atoms with Crippen LogP contribution >= 0.6 is 0 Å². The zero-order valence-electron chi connectivity index (χ0n) is 13.9. The molecule has 3 heterocycles. The zero-order valence-corrected chi connectivity index (χ0v) is 13.9. The molecular formula is C17H22N6O. The van der Waals surface area contributed by atoms with Crippen molar-refractivity contribution >= 4 is 5.91 Å². The molecule has 1 amide bonds. The molecular weight excluding hydrogens is 304 g/mol. The fourth-order valence-electron chi connectivity index (χ4n) is 3.98. The minimum absolute atomic E-state index is 0.0816. The van der Waals surface area contributed by atoms with E-state index in [0.717, 1.165) is 30.7 Å². The van der Waals surface area contributed by atoms with Crippen LogP contribution in [0.1, 0.15) is 59.5 Å². The van der Waals surface area contributed by atoms with Gasteiger partial charge in [-0.2, -0.15) is 10.2 Å². The van der Waals surface area contributed by atoms with Crippen molar-refractivity contribution in [3.8, 4) is 0 Å². The first-order chi connectivity index (χ1) is 11.7. The normalized spacial score (nSPS) is 27.0. The molecule has 2 saturated carbocycles. The molecule has 0 aromatic carbocycles. The average molecular weight is 326 g/mol. The summed E-state index contributed by atoms with van der Waals surface area (Å²) in [5.74, 6) is 4.12. The lowest BCUT2D eigenvalue weighted by atomic mass is 9.91. The molecule has 3 aliphatic rings. The van der Waals surface area contributed by atoms with Crippen LogP contribution in [0.3, 0.4) is 0 Å². The van der Waals surface area contributed by atoms with Crippen molar-refractivity contribution in [3.63, 3.8) is 0 Å². The van der Waals surface area contributed by atoms with E-state index in [4.69, 9.17) is 4.98 Å². The van der Waals surface area contributed by atoms with Gasteiger partial charge in [-0.15, -0.1) is 0 Å². The van der Waals surface area contributed by atoms with Crippen LogP contribution in [0.5, 0.6) is 0 Å². The molecule has 3 fully saturated rings. The van der Waals surface area contributed by atoms with Gasteiger partial charge in [-0.1, -0.05) is 0 Å². The molecule has 1 aliphatic heterocycles. The molecule has 0 unspecified atom stereocenters. The van der Waals surface area contributed by atoms with Crippen LogP contribution < -0.4 is 0 Å². The van der Waals surface area contributed by atoms with Crippen LogP contribution in [-0.2, 0) is 7.05 Å². The van der Waals surface area contributed by atoms with E-state index in [2.05, 4.69) is 15.3 Å². The quantitative estimate of drug-likeness (QED) is 0.927. The molecule has 2 aromatic heterocycles. The number of hydrogen-bond acceptors (Lipinski definition) is 4. The summed E-state index contributed by atoms with van der Waals surface area (Å²) in [7, 11) is 1.84. The number of H-pyrrole nitrogens is 1. The second-order valence-corrected chi connectivity index (χ2v) is 7.57. The number of likely N-dealkylation sites (tertiary alicyclic amines) is 1. The first kappa shape index (κ1) is 14.2. The van der Waals surface area contributed by atoms with Crippen molar-refractivity contribution in [1.82, 2.24) is 29.9 Å². The Balaban J connectivity index is 1.38. The SMILES string of the molecule is Cn1cc(C(=O)N2C[C@H](c3nc(C4CC4)n[nH]3)[C@@H](C3CC3)C2)cn1. The molecule has 2 aliphatic carbocycles. The smallest absolute Gasteiger partial charge is 0.257 e. The molecule has 5 rings (SSSR count). The van der Waals surface area contributed by atoms with E-state index in [9.17, 15) is 4.79 Å². The molecule has 0 radical (unpaired) electrons. The lowest BCUT2D eigenvalue weighted by molar-refractivity contribution is 0.0784. The molecule has 1 N–H and O–H groups in total. The average Bonchev–Trinajstić information content (AvgIpc) is 3.47. The van der Waals surface area contributed by atoms with Crippen LogP contribution in [0.25, 0.3) is 0 Å². The number of nitrogens with zero attached hydrogens (tertiary/aromatic N) is 5. The highest BCUT2D eigenvalue weighted by molar-refractivity contribution is 5.94. The second-order valence-electron chi connectivity index (χ2n) is 7.57. The number of amides is 1. The minimum atomic E-state index is 0.0816. The Hall–Kier alpha value is -2.18. The third-order valence-electron chi connectivity index (χ3n) is 5.65. The molecule has 0 spiro atoms. The van der Waals surface area contributed by atoms with Crippen LogP contribution in [-0.4, -0.2) is 48.9 Å². The van der Waals surface area contributed by atoms with Gasteiger partial charge < -0.3 is 4.90 Å². The van der Waals surface area contributed by atoms with Gasteiger partial charge in [0, 0.05) is 38.2 Å². The Morgan fingerprint density at radius 3 is 2.75 bits per heavy atom. The number of carbonyl (C=O) groups excluding carboxylic acids is 1. The third-order valence-corrected chi connectivity index (χ3v) is 5.65. The number of aromatic amines is 1. The van der Waals surface area contributed by atoms with Gasteiger partial charge in [0.1, 0.15) is 5.82 Å². The van der Waals surface area contributed by atoms with Gasteiger partial charge in [-0.05, 0) is 37.5 Å². The summed E-state index contributed by atoms with van der Waals surface area (Å²) < 4.78 is 1.68. The number of rotatable bonds is 4. The summed E-state index contributed by atoms with van der Waals surface area (Å²) in [6.07, 6.45) is 8.42. The van der Waals surface area contributed by atoms with Crippen LogP contribution in [0, 0.1) is 11.8 Å². The summed E-state index contributed by atoms with van der Waals surface area (Å²) in [4.78, 5) is 19.5. The van der Waals surface area contributed by atoms with E-state index >= 15 is 0 Å². The number of aryl methyl sites for hydroxylation is 1. The van der Waals surface area contributed by atoms with Crippen molar-refractivity contribution < 1.29 is 4.79 Å². The van der Waals surface area contributed by atoms with Crippen LogP contribution in [0.2, 0.25) is 0 Å². The predicted molar refractivity (Wildman–Crippen MR) is 86.4 cm³/mol. The van der Waals surface area contributed by atoms with Gasteiger partial charge in [0.15, 0.2) is 5.82 Å². The lowest BCUT2D eigenvalue weighted by Gasteiger charge is -2.15. The Kier molecular flexibility index (Phi) is 3.05. The Morgan fingerprint density at radius 1 is 1.25 bits per heavy atom. The molecule has 2 aromatic rings. The van der Waals surface area contributed by atoms with Crippen molar-refractivity contribution in [3.05, 3.63) is 29.6 Å². The maximum Gasteiger partial charge on any atom is 0.257 e. The van der Waals surface area contributed by atoms with Crippen molar-refractivity contribution in [2.24, 2.45) is 18.9 Å². The van der Waals surface area contributed by atoms with Gasteiger partial charge in [-0.3, -0.25) is 14.6 Å². The highest BCUT2D eigenvalue weighted by atomic mass is 16.2. The fraction of sp³-hybridized carbons (Fsp3) is 0.647. The van der Waals surface area contributed by atoms with E-state index in [0.29, 0.717) is 17.4 Å². The first-order valence-corrected chi connectivity index (χ1v) is 8.89. The summed E-state index contributed by atoms with van der Waals surface area (Å²) in [6, 6.07) is 0. The Labute approximate surface area is 140 Å². The number of carbonyl (C=O) groups is 1. The van der Waals surface area contributed by atoms with Crippen molar-refractivity contribution in [1.29, 1.82) is 0 Å². The monoisotopic (exact) mass is 326 g/mol. The second kappa shape index (κ2) is 5.16. The molecule has 7 heteroatoms. The van der Waals surface area contributed by atoms with Gasteiger partial charge >= 0.3 is 0 Å². The number of aromatic nitrogens is 5. The summed E-state index contributed by atoms with van der Waals surface area (Å²) in [5.41, 5.74) is 0.670. The van der Waals surface area contributed by atoms with Gasteiger partial charge in [-0.25, -0.2) is 4.98 Å². The largest absolute Gasteiger partial charge is 0.337 e. The maximum absolute atomic E-state index is 12.8. The summed E-state index contributed by atoms with van der Waals surface area (Å²) in [5, 5.41) is 11.7. The van der Waals surface area contributed by atoms with Crippen molar-refractivity contribution in [2.45, 2.75) is 37.5 Å².